The van der Waals surface area contributed by atoms with Crippen molar-refractivity contribution in [3.63, 3.8) is 0 Å². The van der Waals surface area contributed by atoms with E-state index in [0.717, 1.165) is 45.4 Å². The zero-order chi connectivity index (χ0) is 19.6. The zero-order valence-electron chi connectivity index (χ0n) is 15.8. The van der Waals surface area contributed by atoms with Gasteiger partial charge in [0.2, 0.25) is 0 Å². The van der Waals surface area contributed by atoms with Crippen LogP contribution in [0.1, 0.15) is 48.4 Å². The van der Waals surface area contributed by atoms with Crippen LogP contribution in [0.4, 0.5) is 0 Å². The number of esters is 1. The summed E-state index contributed by atoms with van der Waals surface area (Å²) >= 11 is 0. The Morgan fingerprint density at radius 1 is 1.21 bits per heavy atom. The fraction of sp³-hybridized carbons (Fsp3) is 0.318. The first-order valence-electron chi connectivity index (χ1n) is 9.61. The van der Waals surface area contributed by atoms with E-state index in [2.05, 4.69) is 6.92 Å². The molecule has 1 N–H and O–H groups in total. The molecular weight excluding hydrogens is 356 g/mol. The highest BCUT2D eigenvalue weighted by molar-refractivity contribution is 5.89. The second-order valence-electron chi connectivity index (χ2n) is 7.40. The number of fused-ring (bicyclic) bond motifs is 5. The van der Waals surface area contributed by atoms with Crippen LogP contribution in [0, 0.1) is 0 Å². The summed E-state index contributed by atoms with van der Waals surface area (Å²) in [5.41, 5.74) is 5.69. The second-order valence-corrected chi connectivity index (χ2v) is 7.40. The van der Waals surface area contributed by atoms with E-state index in [1.165, 1.54) is 0 Å². The average molecular weight is 376 g/mol. The van der Waals surface area contributed by atoms with E-state index in [-0.39, 0.29) is 23.9 Å². The van der Waals surface area contributed by atoms with Crippen LogP contribution < -0.4 is 5.56 Å². The number of aromatic nitrogens is 2. The third-order valence-electron chi connectivity index (χ3n) is 5.96. The number of benzene rings is 1. The molecule has 1 atom stereocenters. The van der Waals surface area contributed by atoms with Crippen molar-refractivity contribution in [2.75, 3.05) is 0 Å². The third kappa shape index (κ3) is 2.17. The molecule has 28 heavy (non-hydrogen) atoms. The van der Waals surface area contributed by atoms with Crippen molar-refractivity contribution in [1.29, 1.82) is 0 Å². The summed E-state index contributed by atoms with van der Waals surface area (Å²) in [7, 11) is 0. The fourth-order valence-electron chi connectivity index (χ4n) is 4.58. The number of pyridine rings is 2. The van der Waals surface area contributed by atoms with Crippen molar-refractivity contribution in [1.82, 2.24) is 9.55 Å². The Morgan fingerprint density at radius 2 is 2.04 bits per heavy atom. The molecule has 1 aromatic carbocycles. The van der Waals surface area contributed by atoms with Gasteiger partial charge in [-0.15, -0.1) is 0 Å². The van der Waals surface area contributed by atoms with E-state index in [4.69, 9.17) is 9.72 Å². The van der Waals surface area contributed by atoms with Gasteiger partial charge in [-0.2, -0.15) is 0 Å². The largest absolute Gasteiger partial charge is 0.508 e. The molecule has 0 fully saturated rings. The van der Waals surface area contributed by atoms with Gasteiger partial charge in [0.25, 0.3) is 5.56 Å². The number of nitrogens with zero attached hydrogens (tertiary/aromatic N) is 2. The van der Waals surface area contributed by atoms with Crippen molar-refractivity contribution >= 4 is 16.9 Å². The fourth-order valence-corrected chi connectivity index (χ4v) is 4.58. The molecule has 0 radical (unpaired) electrons. The van der Waals surface area contributed by atoms with Gasteiger partial charge in [0, 0.05) is 10.9 Å². The highest BCUT2D eigenvalue weighted by Gasteiger charge is 2.34. The lowest BCUT2D eigenvalue weighted by Crippen LogP contribution is -2.32. The lowest BCUT2D eigenvalue weighted by atomic mass is 9.90. The van der Waals surface area contributed by atoms with Crippen molar-refractivity contribution in [3.05, 3.63) is 56.9 Å². The van der Waals surface area contributed by atoms with Gasteiger partial charge in [-0.25, -0.2) is 4.98 Å². The summed E-state index contributed by atoms with van der Waals surface area (Å²) in [5, 5.41) is 10.8. The summed E-state index contributed by atoms with van der Waals surface area (Å²) < 4.78 is 6.99. The molecule has 0 aliphatic carbocycles. The molecule has 0 bridgehead atoms. The van der Waals surface area contributed by atoms with E-state index >= 15 is 0 Å². The first-order valence-corrected chi connectivity index (χ1v) is 9.61. The minimum Gasteiger partial charge on any atom is -0.508 e. The highest BCUT2D eigenvalue weighted by atomic mass is 16.5. The molecule has 2 aliphatic rings. The summed E-state index contributed by atoms with van der Waals surface area (Å²) in [5.74, 6) is -0.475. The molecule has 142 valence electrons. The van der Waals surface area contributed by atoms with Crippen LogP contribution in [0.25, 0.3) is 22.3 Å². The first kappa shape index (κ1) is 17.0. The topological polar surface area (TPSA) is 81.4 Å². The smallest absolute Gasteiger partial charge is 0.313 e. The number of aromatic hydroxyl groups is 1. The number of carbonyl (C=O) groups is 1. The maximum Gasteiger partial charge on any atom is 0.313 e. The van der Waals surface area contributed by atoms with E-state index in [9.17, 15) is 14.7 Å². The van der Waals surface area contributed by atoms with Crippen LogP contribution in [0.5, 0.6) is 5.75 Å². The first-order chi connectivity index (χ1) is 13.5. The molecule has 0 saturated heterocycles. The van der Waals surface area contributed by atoms with E-state index in [1.54, 1.807) is 22.8 Å². The summed E-state index contributed by atoms with van der Waals surface area (Å²) in [6.45, 7) is 4.47. The van der Waals surface area contributed by atoms with Gasteiger partial charge < -0.3 is 14.4 Å². The Kier molecular flexibility index (Phi) is 3.59. The molecule has 0 spiro atoms. The number of phenolic OH excluding ortho intramolecular Hbond substituents is 1. The molecule has 5 rings (SSSR count). The Balaban J connectivity index is 1.82. The molecule has 0 saturated carbocycles. The quantitative estimate of drug-likeness (QED) is 0.543. The zero-order valence-corrected chi connectivity index (χ0v) is 15.8. The van der Waals surface area contributed by atoms with E-state index in [1.807, 2.05) is 13.0 Å². The maximum atomic E-state index is 13.2. The molecule has 3 aromatic rings. The number of cyclic esters (lactones) is 1. The highest BCUT2D eigenvalue weighted by Crippen LogP contribution is 2.39. The van der Waals surface area contributed by atoms with Gasteiger partial charge in [-0.05, 0) is 48.2 Å². The number of phenols is 1. The number of aryl methyl sites for hydroxylation is 1. The predicted molar refractivity (Wildman–Crippen MR) is 104 cm³/mol. The van der Waals surface area contributed by atoms with Gasteiger partial charge in [-0.3, -0.25) is 9.59 Å². The van der Waals surface area contributed by atoms with E-state index < -0.39 is 5.92 Å². The Hall–Kier alpha value is -3.15. The minimum absolute atomic E-state index is 0.0318. The maximum absolute atomic E-state index is 13.2. The molecule has 6 heteroatoms. The molecule has 2 aliphatic heterocycles. The van der Waals surface area contributed by atoms with Crippen molar-refractivity contribution in [2.24, 2.45) is 0 Å². The third-order valence-corrected chi connectivity index (χ3v) is 5.96. The second kappa shape index (κ2) is 5.92. The molecule has 0 amide bonds. The van der Waals surface area contributed by atoms with Crippen LogP contribution in [-0.2, 0) is 29.1 Å². The number of hydrogen-bond acceptors (Lipinski definition) is 5. The Labute approximate surface area is 161 Å². The summed E-state index contributed by atoms with van der Waals surface area (Å²) in [6, 6.07) is 7.11. The standard InChI is InChI=1S/C22H20N2O4/c1-3-12-15-7-11(25)5-6-18(15)23-20-16(12)9-24-19(20)8-14-13(4-2)22(27)28-10-17(14)21(24)26/h5-8,13,25H,3-4,9-10H2,1-2H3/t13-/m0/s1. The molecule has 0 unspecified atom stereocenters. The number of carbonyl (C=O) groups excluding carboxylic acids is 1. The van der Waals surface area contributed by atoms with Gasteiger partial charge in [0.1, 0.15) is 12.4 Å². The molecular formula is C22H20N2O4. The van der Waals surface area contributed by atoms with Gasteiger partial charge >= 0.3 is 5.97 Å². The number of hydrogen-bond donors (Lipinski definition) is 1. The average Bonchev–Trinajstić information content (AvgIpc) is 3.05. The SMILES string of the molecule is CCc1c2c(nc3ccc(O)cc13)-c1cc3c(c(=O)n1C2)COC(=O)[C@H]3CC. The monoisotopic (exact) mass is 376 g/mol. The van der Waals surface area contributed by atoms with Gasteiger partial charge in [0.15, 0.2) is 0 Å². The van der Waals surface area contributed by atoms with Crippen molar-refractivity contribution in [2.45, 2.75) is 45.8 Å². The molecule has 6 nitrogen and oxygen atoms in total. The van der Waals surface area contributed by atoms with Crippen molar-refractivity contribution < 1.29 is 14.6 Å². The molecule has 2 aromatic heterocycles. The van der Waals surface area contributed by atoms with Crippen LogP contribution >= 0.6 is 0 Å². The van der Waals surface area contributed by atoms with Gasteiger partial charge in [0.05, 0.1) is 34.9 Å². The number of ether oxygens (including phenoxy) is 1. The normalized spacial score (nSPS) is 17.2. The summed E-state index contributed by atoms with van der Waals surface area (Å²) in [4.78, 5) is 30.2. The van der Waals surface area contributed by atoms with E-state index in [0.29, 0.717) is 18.5 Å². The summed E-state index contributed by atoms with van der Waals surface area (Å²) in [6.07, 6.45) is 1.36. The van der Waals surface area contributed by atoms with Crippen molar-refractivity contribution in [3.8, 4) is 17.1 Å². The van der Waals surface area contributed by atoms with Gasteiger partial charge in [-0.1, -0.05) is 13.8 Å². The van der Waals surface area contributed by atoms with Crippen LogP contribution in [0.15, 0.2) is 29.1 Å². The van der Waals surface area contributed by atoms with Crippen LogP contribution in [0.2, 0.25) is 0 Å². The Morgan fingerprint density at radius 3 is 2.79 bits per heavy atom. The number of rotatable bonds is 2. The van der Waals surface area contributed by atoms with Crippen LogP contribution in [-0.4, -0.2) is 20.6 Å². The molecule has 4 heterocycles. The van der Waals surface area contributed by atoms with Crippen LogP contribution in [0.3, 0.4) is 0 Å². The lowest BCUT2D eigenvalue weighted by Gasteiger charge is -2.24. The Bertz CT molecular complexity index is 1230. The lowest BCUT2D eigenvalue weighted by molar-refractivity contribution is -0.148. The predicted octanol–water partition coefficient (Wildman–Crippen LogP) is 3.24. The minimum atomic E-state index is -0.408.